The van der Waals surface area contributed by atoms with Gasteiger partial charge in [-0.3, -0.25) is 4.79 Å². The summed E-state index contributed by atoms with van der Waals surface area (Å²) >= 11 is 1.73. The molecule has 1 N–H and O–H groups in total. The first-order chi connectivity index (χ1) is 11.5. The average Bonchev–Trinajstić information content (AvgIpc) is 3.24. The van der Waals surface area contributed by atoms with Gasteiger partial charge in [0.05, 0.1) is 16.9 Å². The number of hydrogen-bond acceptors (Lipinski definition) is 4. The lowest BCUT2D eigenvalue weighted by Crippen LogP contribution is -2.39. The molecule has 0 bridgehead atoms. The van der Waals surface area contributed by atoms with E-state index in [4.69, 9.17) is 4.98 Å². The summed E-state index contributed by atoms with van der Waals surface area (Å²) in [5.74, 6) is 2.03. The van der Waals surface area contributed by atoms with Gasteiger partial charge in [-0.05, 0) is 18.8 Å². The van der Waals surface area contributed by atoms with Crippen LogP contribution in [0.1, 0.15) is 85.3 Å². The van der Waals surface area contributed by atoms with Gasteiger partial charge >= 0.3 is 0 Å². The van der Waals surface area contributed by atoms with Crippen molar-refractivity contribution < 1.29 is 4.79 Å². The Bertz CT molecular complexity index is 703. The third-order valence-electron chi connectivity index (χ3n) is 4.56. The summed E-state index contributed by atoms with van der Waals surface area (Å²) in [4.78, 5) is 27.0. The highest BCUT2D eigenvalue weighted by atomic mass is 32.1. The van der Waals surface area contributed by atoms with Crippen molar-refractivity contribution in [3.05, 3.63) is 33.8 Å². The molecule has 3 rings (SSSR count). The van der Waals surface area contributed by atoms with Gasteiger partial charge in [0.25, 0.3) is 5.91 Å². The lowest BCUT2D eigenvalue weighted by Gasteiger charge is -2.31. The first-order valence-electron chi connectivity index (χ1n) is 8.75. The molecule has 1 fully saturated rings. The van der Waals surface area contributed by atoms with Crippen LogP contribution in [0.15, 0.2) is 11.6 Å². The van der Waals surface area contributed by atoms with Crippen molar-refractivity contribution >= 4 is 17.2 Å². The molecule has 24 heavy (non-hydrogen) atoms. The van der Waals surface area contributed by atoms with Gasteiger partial charge in [-0.15, -0.1) is 11.3 Å². The molecule has 2 aromatic heterocycles. The topological polar surface area (TPSA) is 61.9 Å². The molecule has 1 amide bonds. The SMILES string of the molecule is CC(C)c1csc(C2CCCN(C(=O)c3cnc(C(C)C)[nH]3)C2)n1. The fourth-order valence-electron chi connectivity index (χ4n) is 3.03. The maximum Gasteiger partial charge on any atom is 0.271 e. The van der Waals surface area contributed by atoms with Crippen LogP contribution < -0.4 is 0 Å². The highest BCUT2D eigenvalue weighted by molar-refractivity contribution is 7.09. The van der Waals surface area contributed by atoms with E-state index in [0.29, 0.717) is 23.4 Å². The average molecular weight is 347 g/mol. The zero-order valence-corrected chi connectivity index (χ0v) is 15.7. The summed E-state index contributed by atoms with van der Waals surface area (Å²) < 4.78 is 0. The molecule has 1 aliphatic rings. The van der Waals surface area contributed by atoms with E-state index in [-0.39, 0.29) is 5.91 Å². The Hall–Kier alpha value is -1.69. The number of nitrogens with one attached hydrogen (secondary N) is 1. The van der Waals surface area contributed by atoms with E-state index in [1.54, 1.807) is 17.5 Å². The van der Waals surface area contributed by atoms with Crippen molar-refractivity contribution in [2.24, 2.45) is 0 Å². The number of carbonyl (C=O) groups excluding carboxylic acids is 1. The lowest BCUT2D eigenvalue weighted by atomic mass is 9.98. The minimum absolute atomic E-state index is 0.0553. The molecule has 0 aliphatic carbocycles. The Kier molecular flexibility index (Phi) is 5.04. The minimum atomic E-state index is 0.0553. The highest BCUT2D eigenvalue weighted by Crippen LogP contribution is 2.31. The second-order valence-electron chi connectivity index (χ2n) is 7.19. The van der Waals surface area contributed by atoms with Crippen LogP contribution >= 0.6 is 11.3 Å². The Morgan fingerprint density at radius 1 is 1.33 bits per heavy atom. The van der Waals surface area contributed by atoms with E-state index >= 15 is 0 Å². The fraction of sp³-hybridized carbons (Fsp3) is 0.611. The molecule has 1 aliphatic heterocycles. The van der Waals surface area contributed by atoms with Crippen molar-refractivity contribution in [3.8, 4) is 0 Å². The van der Waals surface area contributed by atoms with Gasteiger partial charge in [-0.1, -0.05) is 27.7 Å². The molecule has 0 saturated carbocycles. The van der Waals surface area contributed by atoms with Gasteiger partial charge in [0.1, 0.15) is 11.5 Å². The minimum Gasteiger partial charge on any atom is -0.338 e. The number of rotatable bonds is 4. The molecule has 0 spiro atoms. The normalized spacial score (nSPS) is 18.6. The van der Waals surface area contributed by atoms with E-state index in [1.165, 1.54) is 5.01 Å². The van der Waals surface area contributed by atoms with Crippen molar-refractivity contribution in [2.45, 2.75) is 58.3 Å². The number of piperidine rings is 1. The Morgan fingerprint density at radius 3 is 2.75 bits per heavy atom. The Morgan fingerprint density at radius 2 is 2.12 bits per heavy atom. The highest BCUT2D eigenvalue weighted by Gasteiger charge is 2.28. The van der Waals surface area contributed by atoms with E-state index in [1.807, 2.05) is 4.90 Å². The zero-order valence-electron chi connectivity index (χ0n) is 14.9. The lowest BCUT2D eigenvalue weighted by molar-refractivity contribution is 0.0701. The quantitative estimate of drug-likeness (QED) is 0.905. The largest absolute Gasteiger partial charge is 0.338 e. The van der Waals surface area contributed by atoms with Gasteiger partial charge in [0.2, 0.25) is 0 Å². The summed E-state index contributed by atoms with van der Waals surface area (Å²) in [6.07, 6.45) is 3.80. The molecule has 1 saturated heterocycles. The number of imidazole rings is 1. The van der Waals surface area contributed by atoms with Gasteiger partial charge in [0, 0.05) is 30.3 Å². The smallest absolute Gasteiger partial charge is 0.271 e. The summed E-state index contributed by atoms with van der Waals surface area (Å²) in [5.41, 5.74) is 1.76. The van der Waals surface area contributed by atoms with Gasteiger partial charge in [-0.2, -0.15) is 0 Å². The number of amides is 1. The molecule has 6 heteroatoms. The number of thiazole rings is 1. The van der Waals surface area contributed by atoms with Crippen LogP contribution in [-0.2, 0) is 0 Å². The molecule has 0 radical (unpaired) electrons. The number of aromatic amines is 1. The second-order valence-corrected chi connectivity index (χ2v) is 8.08. The summed E-state index contributed by atoms with van der Waals surface area (Å²) in [6, 6.07) is 0. The predicted octanol–water partition coefficient (Wildman–Crippen LogP) is 4.13. The Balaban J connectivity index is 1.71. The van der Waals surface area contributed by atoms with Crippen molar-refractivity contribution in [3.63, 3.8) is 0 Å². The first kappa shape index (κ1) is 17.1. The molecule has 1 atom stereocenters. The van der Waals surface area contributed by atoms with E-state index in [9.17, 15) is 4.79 Å². The van der Waals surface area contributed by atoms with Crippen LogP contribution in [-0.4, -0.2) is 38.8 Å². The summed E-state index contributed by atoms with van der Waals surface area (Å²) in [7, 11) is 0. The number of hydrogen-bond donors (Lipinski definition) is 1. The van der Waals surface area contributed by atoms with E-state index < -0.39 is 0 Å². The fourth-order valence-corrected chi connectivity index (χ4v) is 4.13. The van der Waals surface area contributed by atoms with E-state index in [2.05, 4.69) is 43.0 Å². The van der Waals surface area contributed by atoms with Gasteiger partial charge in [0.15, 0.2) is 0 Å². The van der Waals surface area contributed by atoms with Crippen LogP contribution in [0.5, 0.6) is 0 Å². The van der Waals surface area contributed by atoms with E-state index in [0.717, 1.165) is 37.4 Å². The molecule has 3 heterocycles. The number of likely N-dealkylation sites (tertiary alicyclic amines) is 1. The molecule has 130 valence electrons. The maximum atomic E-state index is 12.8. The molecule has 0 aromatic carbocycles. The van der Waals surface area contributed by atoms with Crippen LogP contribution in [0.2, 0.25) is 0 Å². The van der Waals surface area contributed by atoms with Crippen LogP contribution in [0.4, 0.5) is 0 Å². The van der Waals surface area contributed by atoms with Crippen LogP contribution in [0, 0.1) is 0 Å². The third kappa shape index (κ3) is 3.53. The molecular formula is C18H26N4OS. The summed E-state index contributed by atoms with van der Waals surface area (Å²) in [6.45, 7) is 10.0. The van der Waals surface area contributed by atoms with Crippen molar-refractivity contribution in [1.29, 1.82) is 0 Å². The van der Waals surface area contributed by atoms with Crippen LogP contribution in [0.25, 0.3) is 0 Å². The molecule has 5 nitrogen and oxygen atoms in total. The molecule has 2 aromatic rings. The number of H-pyrrole nitrogens is 1. The maximum absolute atomic E-state index is 12.8. The number of aromatic nitrogens is 3. The Labute approximate surface area is 147 Å². The third-order valence-corrected chi connectivity index (χ3v) is 5.59. The standard InChI is InChI=1S/C18H26N4OS/c1-11(2)15-10-24-17(21-15)13-6-5-7-22(9-13)18(23)14-8-19-16(20-14)12(3)4/h8,10-13H,5-7,9H2,1-4H3,(H,19,20). The first-order valence-corrected chi connectivity index (χ1v) is 9.63. The van der Waals surface area contributed by atoms with Gasteiger partial charge in [-0.25, -0.2) is 9.97 Å². The zero-order chi connectivity index (χ0) is 17.3. The summed E-state index contributed by atoms with van der Waals surface area (Å²) in [5, 5.41) is 3.33. The van der Waals surface area contributed by atoms with Crippen molar-refractivity contribution in [2.75, 3.05) is 13.1 Å². The molecule has 1 unspecified atom stereocenters. The van der Waals surface area contributed by atoms with Crippen molar-refractivity contribution in [1.82, 2.24) is 19.9 Å². The second kappa shape index (κ2) is 7.05. The van der Waals surface area contributed by atoms with Gasteiger partial charge < -0.3 is 9.88 Å². The number of nitrogens with zero attached hydrogens (tertiary/aromatic N) is 3. The number of carbonyl (C=O) groups is 1. The predicted molar refractivity (Wildman–Crippen MR) is 96.8 cm³/mol. The van der Waals surface area contributed by atoms with Crippen LogP contribution in [0.3, 0.4) is 0 Å². The monoisotopic (exact) mass is 346 g/mol. The molecular weight excluding hydrogens is 320 g/mol.